The Morgan fingerprint density at radius 2 is 1.95 bits per heavy atom. The van der Waals surface area contributed by atoms with Gasteiger partial charge in [0.1, 0.15) is 5.82 Å². The fraction of sp³-hybridized carbons (Fsp3) is 0.533. The van der Waals surface area contributed by atoms with Crippen LogP contribution in [0.4, 0.5) is 0 Å². The molecule has 106 valence electrons. The third kappa shape index (κ3) is 4.12. The number of H-pyrrole nitrogens is 1. The maximum absolute atomic E-state index is 5.69. The van der Waals surface area contributed by atoms with Crippen molar-refractivity contribution in [3.63, 3.8) is 0 Å². The van der Waals surface area contributed by atoms with E-state index in [4.69, 9.17) is 11.6 Å². The van der Waals surface area contributed by atoms with Crippen LogP contribution in [0.1, 0.15) is 45.0 Å². The number of nitrogens with zero attached hydrogens (tertiary/aromatic N) is 1. The van der Waals surface area contributed by atoms with Gasteiger partial charge in [-0.3, -0.25) is 0 Å². The molecule has 0 saturated heterocycles. The number of hydrogen-bond donors (Lipinski definition) is 1. The van der Waals surface area contributed by atoms with Gasteiger partial charge in [-0.05, 0) is 36.0 Å². The summed E-state index contributed by atoms with van der Waals surface area (Å²) in [7, 11) is 0. The number of unbranched alkanes of at least 4 members (excludes halogenated alkanes) is 1. The van der Waals surface area contributed by atoms with Crippen LogP contribution in [0.15, 0.2) is 18.2 Å². The SMILES string of the molecule is CC(C)(C)c1ccc2nc(CCCCCl)[nH]c2c1.Cl. The monoisotopic (exact) mass is 300 g/mol. The van der Waals surface area contributed by atoms with E-state index in [2.05, 4.69) is 48.9 Å². The topological polar surface area (TPSA) is 28.7 Å². The normalized spacial score (nSPS) is 11.6. The van der Waals surface area contributed by atoms with Crippen LogP contribution in [0, 0.1) is 0 Å². The average molecular weight is 301 g/mol. The Morgan fingerprint density at radius 1 is 1.21 bits per heavy atom. The number of halogens is 2. The number of alkyl halides is 1. The molecule has 0 aliphatic heterocycles. The molecule has 0 fully saturated rings. The predicted molar refractivity (Wildman–Crippen MR) is 85.7 cm³/mol. The van der Waals surface area contributed by atoms with Crippen molar-refractivity contribution in [1.29, 1.82) is 0 Å². The Bertz CT molecular complexity index is 526. The molecule has 2 nitrogen and oxygen atoms in total. The molecule has 0 bridgehead atoms. The first-order valence-corrected chi connectivity index (χ1v) is 7.09. The van der Waals surface area contributed by atoms with Gasteiger partial charge in [-0.25, -0.2) is 4.98 Å². The molecular formula is C15H22Cl2N2. The van der Waals surface area contributed by atoms with Gasteiger partial charge in [0.05, 0.1) is 11.0 Å². The number of aromatic amines is 1. The second kappa shape index (κ2) is 6.62. The summed E-state index contributed by atoms with van der Waals surface area (Å²) in [4.78, 5) is 8.02. The van der Waals surface area contributed by atoms with Crippen molar-refractivity contribution in [3.8, 4) is 0 Å². The summed E-state index contributed by atoms with van der Waals surface area (Å²) in [5.41, 5.74) is 3.72. The van der Waals surface area contributed by atoms with Crippen molar-refractivity contribution in [1.82, 2.24) is 9.97 Å². The van der Waals surface area contributed by atoms with Gasteiger partial charge >= 0.3 is 0 Å². The fourth-order valence-corrected chi connectivity index (χ4v) is 2.22. The van der Waals surface area contributed by atoms with Gasteiger partial charge in [0.25, 0.3) is 0 Å². The maximum Gasteiger partial charge on any atom is 0.107 e. The molecule has 0 radical (unpaired) electrons. The van der Waals surface area contributed by atoms with Crippen molar-refractivity contribution < 1.29 is 0 Å². The predicted octanol–water partition coefficient (Wildman–Crippen LogP) is 4.84. The first-order chi connectivity index (χ1) is 8.50. The lowest BCUT2D eigenvalue weighted by Gasteiger charge is -2.18. The quantitative estimate of drug-likeness (QED) is 0.635. The smallest absolute Gasteiger partial charge is 0.107 e. The molecule has 2 aromatic rings. The lowest BCUT2D eigenvalue weighted by atomic mass is 9.87. The highest BCUT2D eigenvalue weighted by atomic mass is 35.5. The zero-order valence-corrected chi connectivity index (χ0v) is 13.4. The van der Waals surface area contributed by atoms with Crippen LogP contribution in [0.3, 0.4) is 0 Å². The van der Waals surface area contributed by atoms with Crippen LogP contribution >= 0.6 is 24.0 Å². The highest BCUT2D eigenvalue weighted by Crippen LogP contribution is 2.25. The number of hydrogen-bond acceptors (Lipinski definition) is 1. The van der Waals surface area contributed by atoms with Gasteiger partial charge in [-0.2, -0.15) is 0 Å². The molecule has 0 atom stereocenters. The Morgan fingerprint density at radius 3 is 2.58 bits per heavy atom. The van der Waals surface area contributed by atoms with E-state index < -0.39 is 0 Å². The first-order valence-electron chi connectivity index (χ1n) is 6.56. The summed E-state index contributed by atoms with van der Waals surface area (Å²) in [5.74, 6) is 1.80. The van der Waals surface area contributed by atoms with E-state index in [-0.39, 0.29) is 17.8 Å². The lowest BCUT2D eigenvalue weighted by molar-refractivity contribution is 0.591. The third-order valence-corrected chi connectivity index (χ3v) is 3.46. The number of imidazole rings is 1. The van der Waals surface area contributed by atoms with Crippen LogP contribution in [-0.2, 0) is 11.8 Å². The van der Waals surface area contributed by atoms with E-state index in [1.807, 2.05) is 0 Å². The Labute approximate surface area is 126 Å². The molecule has 0 aliphatic rings. The van der Waals surface area contributed by atoms with E-state index in [1.54, 1.807) is 0 Å². The molecule has 1 aromatic carbocycles. The van der Waals surface area contributed by atoms with Gasteiger partial charge in [0, 0.05) is 12.3 Å². The van der Waals surface area contributed by atoms with Crippen LogP contribution < -0.4 is 0 Å². The minimum atomic E-state index is 0. The number of fused-ring (bicyclic) bond motifs is 1. The number of aryl methyl sites for hydroxylation is 1. The molecule has 0 spiro atoms. The summed E-state index contributed by atoms with van der Waals surface area (Å²) in [5, 5.41) is 0. The molecular weight excluding hydrogens is 279 g/mol. The Kier molecular flexibility index (Phi) is 5.69. The maximum atomic E-state index is 5.69. The molecule has 2 rings (SSSR count). The standard InChI is InChI=1S/C15H21ClN2.ClH/c1-15(2,3)11-7-8-12-13(10-11)18-14(17-12)6-4-5-9-16;/h7-8,10H,4-6,9H2,1-3H3,(H,17,18);1H. The van der Waals surface area contributed by atoms with E-state index in [1.165, 1.54) is 5.56 Å². The molecule has 0 unspecified atom stereocenters. The Hall–Kier alpha value is -0.730. The zero-order chi connectivity index (χ0) is 13.2. The summed E-state index contributed by atoms with van der Waals surface area (Å²) in [6.07, 6.45) is 3.12. The second-order valence-corrected chi connectivity index (χ2v) is 6.19. The second-order valence-electron chi connectivity index (χ2n) is 5.81. The van der Waals surface area contributed by atoms with Gasteiger partial charge in [0.15, 0.2) is 0 Å². The van der Waals surface area contributed by atoms with Gasteiger partial charge in [-0.15, -0.1) is 24.0 Å². The number of aromatic nitrogens is 2. The number of nitrogens with one attached hydrogen (secondary N) is 1. The third-order valence-electron chi connectivity index (χ3n) is 3.19. The summed E-state index contributed by atoms with van der Waals surface area (Å²) in [6.45, 7) is 6.68. The largest absolute Gasteiger partial charge is 0.342 e. The summed E-state index contributed by atoms with van der Waals surface area (Å²) >= 11 is 5.69. The van der Waals surface area contributed by atoms with Gasteiger partial charge < -0.3 is 4.98 Å². The van der Waals surface area contributed by atoms with E-state index in [9.17, 15) is 0 Å². The summed E-state index contributed by atoms with van der Waals surface area (Å²) in [6, 6.07) is 6.50. The molecule has 19 heavy (non-hydrogen) atoms. The van der Waals surface area contributed by atoms with Crippen molar-refractivity contribution in [2.75, 3.05) is 5.88 Å². The average Bonchev–Trinajstić information content (AvgIpc) is 2.69. The molecule has 1 heterocycles. The van der Waals surface area contributed by atoms with Gasteiger partial charge in [0.2, 0.25) is 0 Å². The minimum Gasteiger partial charge on any atom is -0.342 e. The molecule has 0 amide bonds. The van der Waals surface area contributed by atoms with Crippen LogP contribution in [-0.4, -0.2) is 15.8 Å². The lowest BCUT2D eigenvalue weighted by Crippen LogP contribution is -2.10. The molecule has 0 saturated carbocycles. The van der Waals surface area contributed by atoms with Crippen LogP contribution in [0.5, 0.6) is 0 Å². The summed E-state index contributed by atoms with van der Waals surface area (Å²) < 4.78 is 0. The molecule has 1 aromatic heterocycles. The number of benzene rings is 1. The number of rotatable bonds is 4. The van der Waals surface area contributed by atoms with Crippen molar-refractivity contribution in [2.45, 2.75) is 45.4 Å². The van der Waals surface area contributed by atoms with Gasteiger partial charge in [-0.1, -0.05) is 26.8 Å². The van der Waals surface area contributed by atoms with Crippen molar-refractivity contribution in [2.24, 2.45) is 0 Å². The highest BCUT2D eigenvalue weighted by Gasteiger charge is 2.14. The molecule has 0 aliphatic carbocycles. The molecule has 1 N–H and O–H groups in total. The van der Waals surface area contributed by atoms with E-state index >= 15 is 0 Å². The van der Waals surface area contributed by atoms with E-state index in [0.717, 1.165) is 42.0 Å². The zero-order valence-electron chi connectivity index (χ0n) is 11.8. The first kappa shape index (κ1) is 16.3. The van der Waals surface area contributed by atoms with Crippen LogP contribution in [0.25, 0.3) is 11.0 Å². The van der Waals surface area contributed by atoms with Crippen molar-refractivity contribution in [3.05, 3.63) is 29.6 Å². The fourth-order valence-electron chi connectivity index (χ4n) is 2.03. The van der Waals surface area contributed by atoms with Crippen LogP contribution in [0.2, 0.25) is 0 Å². The van der Waals surface area contributed by atoms with E-state index in [0.29, 0.717) is 0 Å². The van der Waals surface area contributed by atoms with Crippen molar-refractivity contribution >= 4 is 35.0 Å². The highest BCUT2D eigenvalue weighted by molar-refractivity contribution is 6.17. The molecule has 4 heteroatoms. The Balaban J connectivity index is 0.00000180. The minimum absolute atomic E-state index is 0.